The lowest BCUT2D eigenvalue weighted by Gasteiger charge is -2.27. The molecule has 1 aliphatic rings. The maximum Gasteiger partial charge on any atom is 0.00363 e. The van der Waals surface area contributed by atoms with Crippen molar-refractivity contribution in [2.45, 2.75) is 64.8 Å². The van der Waals surface area contributed by atoms with Gasteiger partial charge in [-0.3, -0.25) is 0 Å². The van der Waals surface area contributed by atoms with E-state index in [1.165, 1.54) is 38.5 Å². The van der Waals surface area contributed by atoms with Crippen LogP contribution in [0.25, 0.3) is 0 Å². The molecule has 0 aromatic rings. The molecule has 0 heterocycles. The van der Waals surface area contributed by atoms with E-state index in [4.69, 9.17) is 5.73 Å². The van der Waals surface area contributed by atoms with Gasteiger partial charge in [0, 0.05) is 6.04 Å². The predicted octanol–water partition coefficient (Wildman–Crippen LogP) is 3.33. The zero-order valence-electron chi connectivity index (χ0n) is 9.26. The van der Waals surface area contributed by atoms with E-state index in [1.54, 1.807) is 0 Å². The number of hydrogen-bond donors (Lipinski definition) is 1. The van der Waals surface area contributed by atoms with E-state index in [-0.39, 0.29) is 0 Å². The number of hydrogen-bond acceptors (Lipinski definition) is 1. The molecule has 0 aliphatic heterocycles. The van der Waals surface area contributed by atoms with Crippen molar-refractivity contribution < 1.29 is 0 Å². The minimum atomic E-state index is 0.456. The Morgan fingerprint density at radius 1 is 1.38 bits per heavy atom. The van der Waals surface area contributed by atoms with Crippen LogP contribution in [0.1, 0.15) is 58.8 Å². The lowest BCUT2D eigenvalue weighted by molar-refractivity contribution is 0.260. The fraction of sp³-hybridized carbons (Fsp3) is 1.00. The summed E-state index contributed by atoms with van der Waals surface area (Å²) < 4.78 is 0. The van der Waals surface area contributed by atoms with E-state index >= 15 is 0 Å². The quantitative estimate of drug-likeness (QED) is 0.711. The van der Waals surface area contributed by atoms with Crippen LogP contribution in [0.5, 0.6) is 0 Å². The molecule has 1 fully saturated rings. The number of nitrogens with two attached hydrogens (primary N) is 1. The van der Waals surface area contributed by atoms with Gasteiger partial charge in [0.05, 0.1) is 0 Å². The Kier molecular flexibility index (Phi) is 4.79. The summed E-state index contributed by atoms with van der Waals surface area (Å²) in [7, 11) is 0. The zero-order chi connectivity index (χ0) is 9.68. The SMILES string of the molecule is CCC(N)CCC1CCCC(C)C1. The van der Waals surface area contributed by atoms with Gasteiger partial charge in [0.2, 0.25) is 0 Å². The van der Waals surface area contributed by atoms with E-state index in [2.05, 4.69) is 13.8 Å². The Balaban J connectivity index is 2.13. The largest absolute Gasteiger partial charge is 0.328 e. The van der Waals surface area contributed by atoms with E-state index in [1.807, 2.05) is 0 Å². The lowest BCUT2D eigenvalue weighted by atomic mass is 9.80. The Labute approximate surface area is 83.1 Å². The average molecular weight is 183 g/mol. The highest BCUT2D eigenvalue weighted by Crippen LogP contribution is 2.31. The van der Waals surface area contributed by atoms with Crippen molar-refractivity contribution >= 4 is 0 Å². The molecular formula is C12H25N. The molecule has 78 valence electrons. The summed E-state index contributed by atoms with van der Waals surface area (Å²) in [6.07, 6.45) is 9.58. The van der Waals surface area contributed by atoms with Crippen LogP contribution in [0, 0.1) is 11.8 Å². The van der Waals surface area contributed by atoms with Crippen molar-refractivity contribution in [3.63, 3.8) is 0 Å². The first-order valence-electron chi connectivity index (χ1n) is 5.98. The second kappa shape index (κ2) is 5.64. The Bertz CT molecular complexity index is 133. The van der Waals surface area contributed by atoms with Gasteiger partial charge in [-0.05, 0) is 37.5 Å². The van der Waals surface area contributed by atoms with Crippen molar-refractivity contribution in [2.75, 3.05) is 0 Å². The summed E-state index contributed by atoms with van der Waals surface area (Å²) >= 11 is 0. The summed E-state index contributed by atoms with van der Waals surface area (Å²) in [4.78, 5) is 0. The van der Waals surface area contributed by atoms with Crippen molar-refractivity contribution in [2.24, 2.45) is 17.6 Å². The maximum atomic E-state index is 5.92. The van der Waals surface area contributed by atoms with Gasteiger partial charge in [-0.15, -0.1) is 0 Å². The molecule has 0 amide bonds. The third-order valence-electron chi connectivity index (χ3n) is 3.52. The first-order chi connectivity index (χ1) is 6.22. The Morgan fingerprint density at radius 2 is 2.15 bits per heavy atom. The van der Waals surface area contributed by atoms with Crippen molar-refractivity contribution in [1.29, 1.82) is 0 Å². The topological polar surface area (TPSA) is 26.0 Å². The molecule has 0 spiro atoms. The molecular weight excluding hydrogens is 158 g/mol. The van der Waals surface area contributed by atoms with Crippen molar-refractivity contribution in [3.05, 3.63) is 0 Å². The van der Waals surface area contributed by atoms with Crippen LogP contribution >= 0.6 is 0 Å². The molecule has 1 heteroatoms. The molecule has 0 aromatic heterocycles. The van der Waals surface area contributed by atoms with E-state index < -0.39 is 0 Å². The van der Waals surface area contributed by atoms with Gasteiger partial charge in [0.1, 0.15) is 0 Å². The first-order valence-corrected chi connectivity index (χ1v) is 5.98. The van der Waals surface area contributed by atoms with Crippen LogP contribution < -0.4 is 5.73 Å². The van der Waals surface area contributed by atoms with Crippen molar-refractivity contribution in [3.8, 4) is 0 Å². The van der Waals surface area contributed by atoms with Crippen LogP contribution in [0.15, 0.2) is 0 Å². The van der Waals surface area contributed by atoms with Gasteiger partial charge in [-0.2, -0.15) is 0 Å². The lowest BCUT2D eigenvalue weighted by Crippen LogP contribution is -2.21. The number of rotatable bonds is 4. The van der Waals surface area contributed by atoms with E-state index in [9.17, 15) is 0 Å². The second-order valence-corrected chi connectivity index (χ2v) is 4.88. The smallest absolute Gasteiger partial charge is 0.00363 e. The van der Waals surface area contributed by atoms with Gasteiger partial charge >= 0.3 is 0 Å². The van der Waals surface area contributed by atoms with Crippen molar-refractivity contribution in [1.82, 2.24) is 0 Å². The van der Waals surface area contributed by atoms with E-state index in [0.717, 1.165) is 18.3 Å². The molecule has 0 radical (unpaired) electrons. The zero-order valence-corrected chi connectivity index (χ0v) is 9.26. The van der Waals surface area contributed by atoms with Gasteiger partial charge in [-0.25, -0.2) is 0 Å². The Morgan fingerprint density at radius 3 is 2.77 bits per heavy atom. The molecule has 2 N–H and O–H groups in total. The highest BCUT2D eigenvalue weighted by molar-refractivity contribution is 4.72. The minimum absolute atomic E-state index is 0.456. The van der Waals surface area contributed by atoms with E-state index in [0.29, 0.717) is 6.04 Å². The third kappa shape index (κ3) is 4.12. The molecule has 1 rings (SSSR count). The standard InChI is InChI=1S/C12H25N/c1-3-12(13)8-7-11-6-4-5-10(2)9-11/h10-12H,3-9,13H2,1-2H3. The van der Waals surface area contributed by atoms with Crippen LogP contribution in [0.4, 0.5) is 0 Å². The summed E-state index contributed by atoms with van der Waals surface area (Å²) in [6.45, 7) is 4.58. The molecule has 1 saturated carbocycles. The molecule has 0 aromatic carbocycles. The summed E-state index contributed by atoms with van der Waals surface area (Å²) in [5.41, 5.74) is 5.92. The van der Waals surface area contributed by atoms with Crippen LogP contribution in [-0.4, -0.2) is 6.04 Å². The van der Waals surface area contributed by atoms with Crippen LogP contribution in [0.3, 0.4) is 0 Å². The van der Waals surface area contributed by atoms with Crippen LogP contribution in [-0.2, 0) is 0 Å². The predicted molar refractivity (Wildman–Crippen MR) is 58.6 cm³/mol. The summed E-state index contributed by atoms with van der Waals surface area (Å²) in [5, 5.41) is 0. The van der Waals surface area contributed by atoms with Gasteiger partial charge < -0.3 is 5.73 Å². The minimum Gasteiger partial charge on any atom is -0.328 e. The molecule has 3 unspecified atom stereocenters. The molecule has 1 nitrogen and oxygen atoms in total. The van der Waals surface area contributed by atoms with Gasteiger partial charge in [-0.1, -0.05) is 33.1 Å². The third-order valence-corrected chi connectivity index (χ3v) is 3.52. The molecule has 1 aliphatic carbocycles. The monoisotopic (exact) mass is 183 g/mol. The molecule has 3 atom stereocenters. The van der Waals surface area contributed by atoms with Gasteiger partial charge in [0.25, 0.3) is 0 Å². The Hall–Kier alpha value is -0.0400. The highest BCUT2D eigenvalue weighted by atomic mass is 14.6. The normalized spacial score (nSPS) is 31.6. The van der Waals surface area contributed by atoms with Crippen LogP contribution in [0.2, 0.25) is 0 Å². The average Bonchev–Trinajstić information content (AvgIpc) is 2.14. The first kappa shape index (κ1) is 11.0. The molecule has 0 saturated heterocycles. The summed E-state index contributed by atoms with van der Waals surface area (Å²) in [6, 6.07) is 0.456. The summed E-state index contributed by atoms with van der Waals surface area (Å²) in [5.74, 6) is 1.96. The highest BCUT2D eigenvalue weighted by Gasteiger charge is 2.18. The second-order valence-electron chi connectivity index (χ2n) is 4.88. The fourth-order valence-electron chi connectivity index (χ4n) is 2.48. The molecule has 0 bridgehead atoms. The van der Waals surface area contributed by atoms with Gasteiger partial charge in [0.15, 0.2) is 0 Å². The fourth-order valence-corrected chi connectivity index (χ4v) is 2.48. The molecule has 13 heavy (non-hydrogen) atoms. The maximum absolute atomic E-state index is 5.92.